The summed E-state index contributed by atoms with van der Waals surface area (Å²) in [4.78, 5) is 2.47. The largest absolute Gasteiger partial charge is 0.456 e. The zero-order valence-corrected chi connectivity index (χ0v) is 28.8. The minimum absolute atomic E-state index is 0.0863. The molecule has 1 fully saturated rings. The first kappa shape index (κ1) is 28.9. The van der Waals surface area contributed by atoms with E-state index in [1.165, 1.54) is 97.9 Å². The predicted molar refractivity (Wildman–Crippen MR) is 205 cm³/mol. The Morgan fingerprint density at radius 1 is 0.551 bits per heavy atom. The smallest absolute Gasteiger partial charge is 0.138 e. The first-order valence-corrected chi connectivity index (χ1v) is 18.1. The second kappa shape index (κ2) is 10.2. The van der Waals surface area contributed by atoms with Gasteiger partial charge in [0.1, 0.15) is 11.2 Å². The molecule has 3 aliphatic rings. The van der Waals surface area contributed by atoms with E-state index in [0.29, 0.717) is 5.92 Å². The van der Waals surface area contributed by atoms with Crippen molar-refractivity contribution < 1.29 is 4.42 Å². The molecular weight excluding hydrogens is 595 g/mol. The van der Waals surface area contributed by atoms with Crippen molar-refractivity contribution in [3.05, 3.63) is 149 Å². The molecule has 0 amide bonds. The molecule has 0 bridgehead atoms. The van der Waals surface area contributed by atoms with E-state index in [4.69, 9.17) is 4.42 Å². The van der Waals surface area contributed by atoms with Crippen molar-refractivity contribution in [3.63, 3.8) is 0 Å². The van der Waals surface area contributed by atoms with Crippen molar-refractivity contribution in [1.82, 2.24) is 0 Å². The lowest BCUT2D eigenvalue weighted by atomic mass is 9.76. The molecule has 2 nitrogen and oxygen atoms in total. The van der Waals surface area contributed by atoms with Crippen LogP contribution in [0.15, 0.2) is 126 Å². The van der Waals surface area contributed by atoms with Crippen molar-refractivity contribution >= 4 is 39.0 Å². The summed E-state index contributed by atoms with van der Waals surface area (Å²) in [6.07, 6.45) is 5.00. The van der Waals surface area contributed by atoms with Crippen LogP contribution in [0.1, 0.15) is 87.1 Å². The van der Waals surface area contributed by atoms with E-state index in [0.717, 1.165) is 16.9 Å². The lowest BCUT2D eigenvalue weighted by Gasteiger charge is -2.31. The van der Waals surface area contributed by atoms with E-state index < -0.39 is 0 Å². The molecule has 1 spiro atoms. The van der Waals surface area contributed by atoms with Gasteiger partial charge in [-0.05, 0) is 105 Å². The Morgan fingerprint density at radius 3 is 1.88 bits per heavy atom. The van der Waals surface area contributed by atoms with Gasteiger partial charge in [-0.1, -0.05) is 119 Å². The van der Waals surface area contributed by atoms with Gasteiger partial charge in [-0.3, -0.25) is 0 Å². The fraction of sp³-hybridized carbons (Fsp3) is 0.234. The normalized spacial score (nSPS) is 16.3. The van der Waals surface area contributed by atoms with Crippen LogP contribution >= 0.6 is 0 Å². The quantitative estimate of drug-likeness (QED) is 0.191. The van der Waals surface area contributed by atoms with Crippen LogP contribution in [0.5, 0.6) is 0 Å². The zero-order valence-electron chi connectivity index (χ0n) is 28.8. The maximum atomic E-state index is 6.72. The Kier molecular flexibility index (Phi) is 6.02. The van der Waals surface area contributed by atoms with Gasteiger partial charge in [0.15, 0.2) is 0 Å². The highest BCUT2D eigenvalue weighted by Gasteiger charge is 2.45. The third-order valence-electron chi connectivity index (χ3n) is 12.2. The van der Waals surface area contributed by atoms with Crippen LogP contribution in [0.25, 0.3) is 44.2 Å². The molecule has 1 aromatic heterocycles. The summed E-state index contributed by atoms with van der Waals surface area (Å²) >= 11 is 0. The van der Waals surface area contributed by atoms with E-state index >= 15 is 0 Å². The minimum atomic E-state index is -0.0863. The number of benzene rings is 6. The molecule has 1 heterocycles. The van der Waals surface area contributed by atoms with E-state index in [9.17, 15) is 0 Å². The summed E-state index contributed by atoms with van der Waals surface area (Å²) < 4.78 is 6.72. The van der Waals surface area contributed by atoms with Gasteiger partial charge in [-0.2, -0.15) is 0 Å². The fourth-order valence-electron chi connectivity index (χ4n) is 9.78. The molecule has 0 radical (unpaired) electrons. The van der Waals surface area contributed by atoms with Crippen molar-refractivity contribution in [2.75, 3.05) is 4.90 Å². The van der Waals surface area contributed by atoms with Crippen molar-refractivity contribution in [3.8, 4) is 22.3 Å². The van der Waals surface area contributed by atoms with Gasteiger partial charge in [-0.25, -0.2) is 0 Å². The molecule has 7 aromatic rings. The average Bonchev–Trinajstić information content (AvgIpc) is 3.88. The van der Waals surface area contributed by atoms with Crippen molar-refractivity contribution in [1.29, 1.82) is 0 Å². The number of fused-ring (bicyclic) bond motifs is 11. The second-order valence-electron chi connectivity index (χ2n) is 15.5. The van der Waals surface area contributed by atoms with Gasteiger partial charge in [0.05, 0.1) is 0 Å². The fourth-order valence-corrected chi connectivity index (χ4v) is 9.78. The van der Waals surface area contributed by atoms with E-state index in [1.54, 1.807) is 0 Å². The van der Waals surface area contributed by atoms with Crippen molar-refractivity contribution in [2.45, 2.75) is 70.1 Å². The second-order valence-corrected chi connectivity index (χ2v) is 15.5. The Morgan fingerprint density at radius 2 is 1.14 bits per heavy atom. The summed E-state index contributed by atoms with van der Waals surface area (Å²) in [5, 5.41) is 2.36. The molecule has 2 heteroatoms. The monoisotopic (exact) mass is 635 g/mol. The van der Waals surface area contributed by atoms with E-state index in [1.807, 2.05) is 0 Å². The molecule has 240 valence electrons. The predicted octanol–water partition coefficient (Wildman–Crippen LogP) is 13.3. The van der Waals surface area contributed by atoms with E-state index in [2.05, 4.69) is 154 Å². The average molecular weight is 636 g/mol. The molecule has 0 unspecified atom stereocenters. The zero-order chi connectivity index (χ0) is 33.1. The Balaban J connectivity index is 1.20. The summed E-state index contributed by atoms with van der Waals surface area (Å²) in [6, 6.07) is 45.8. The van der Waals surface area contributed by atoms with Crippen molar-refractivity contribution in [2.24, 2.45) is 0 Å². The van der Waals surface area contributed by atoms with Crippen LogP contribution in [0.2, 0.25) is 0 Å². The van der Waals surface area contributed by atoms with E-state index in [-0.39, 0.29) is 10.8 Å². The Labute approximate surface area is 289 Å². The van der Waals surface area contributed by atoms with Gasteiger partial charge in [0, 0.05) is 44.7 Å². The maximum absolute atomic E-state index is 6.72. The SMILES string of the molecule is CC(C)c1cccc2c1oc1cc(N(c3ccc4c(c3)C(C)(C)c3ccccc3-4)c3ccc4c(c3)C3(CCCC3)c3ccccc3-4)ccc12. The van der Waals surface area contributed by atoms with Gasteiger partial charge < -0.3 is 9.32 Å². The molecule has 49 heavy (non-hydrogen) atoms. The molecule has 1 saturated carbocycles. The number of furan rings is 1. The first-order valence-electron chi connectivity index (χ1n) is 18.1. The highest BCUT2D eigenvalue weighted by Crippen LogP contribution is 2.58. The van der Waals surface area contributed by atoms with Crippen LogP contribution in [0, 0.1) is 0 Å². The minimum Gasteiger partial charge on any atom is -0.456 e. The molecular formula is C47H41NO. The van der Waals surface area contributed by atoms with Crippen LogP contribution in [-0.2, 0) is 10.8 Å². The van der Waals surface area contributed by atoms with Crippen LogP contribution < -0.4 is 4.90 Å². The molecule has 0 atom stereocenters. The number of rotatable bonds is 4. The van der Waals surface area contributed by atoms with Crippen LogP contribution in [0.3, 0.4) is 0 Å². The summed E-state index contributed by atoms with van der Waals surface area (Å²) in [6.45, 7) is 9.22. The molecule has 0 aliphatic heterocycles. The number of hydrogen-bond donors (Lipinski definition) is 0. The molecule has 0 N–H and O–H groups in total. The maximum Gasteiger partial charge on any atom is 0.138 e. The third kappa shape index (κ3) is 3.95. The summed E-state index contributed by atoms with van der Waals surface area (Å²) in [7, 11) is 0. The lowest BCUT2D eigenvalue weighted by Crippen LogP contribution is -2.21. The Bertz CT molecular complexity index is 2470. The molecule has 3 aliphatic carbocycles. The molecule has 6 aromatic carbocycles. The molecule has 10 rings (SSSR count). The highest BCUT2D eigenvalue weighted by molar-refractivity contribution is 6.07. The first-order chi connectivity index (χ1) is 23.8. The standard InChI is InChI=1S/C47H41NO/c1-29(2)33-14-11-15-39-38-23-20-32(28-44(38)49-45(33)39)48(30-18-21-36-34-12-5-7-16-40(34)46(3,4)42(36)26-30)31-19-22-37-35-13-6-8-17-41(35)47(43(37)27-31)24-9-10-25-47/h5-8,11-23,26-29H,9-10,24-25H2,1-4H3. The van der Waals surface area contributed by atoms with Crippen LogP contribution in [0.4, 0.5) is 17.1 Å². The van der Waals surface area contributed by atoms with Crippen LogP contribution in [-0.4, -0.2) is 0 Å². The highest BCUT2D eigenvalue weighted by atomic mass is 16.3. The lowest BCUT2D eigenvalue weighted by molar-refractivity contribution is 0.550. The number of para-hydroxylation sites is 1. The topological polar surface area (TPSA) is 16.4 Å². The third-order valence-corrected chi connectivity index (χ3v) is 12.2. The van der Waals surface area contributed by atoms with Gasteiger partial charge in [0.2, 0.25) is 0 Å². The number of anilines is 3. The van der Waals surface area contributed by atoms with Gasteiger partial charge in [0.25, 0.3) is 0 Å². The van der Waals surface area contributed by atoms with Gasteiger partial charge >= 0.3 is 0 Å². The Hall–Kier alpha value is -5.08. The summed E-state index contributed by atoms with van der Waals surface area (Å²) in [5.74, 6) is 0.387. The van der Waals surface area contributed by atoms with Gasteiger partial charge in [-0.15, -0.1) is 0 Å². The summed E-state index contributed by atoms with van der Waals surface area (Å²) in [5.41, 5.74) is 18.0. The number of nitrogens with zero attached hydrogens (tertiary/aromatic N) is 1. The number of hydrogen-bond acceptors (Lipinski definition) is 2. The molecule has 0 saturated heterocycles.